The monoisotopic (exact) mass is 267 g/mol. The molecule has 0 radical (unpaired) electrons. The van der Waals surface area contributed by atoms with Gasteiger partial charge in [0.05, 0.1) is 6.61 Å². The van der Waals surface area contributed by atoms with Crippen molar-refractivity contribution in [2.45, 2.75) is 51.6 Å². The molecule has 102 valence electrons. The quantitative estimate of drug-likeness (QED) is 0.857. The van der Waals surface area contributed by atoms with Crippen molar-refractivity contribution in [2.24, 2.45) is 11.8 Å². The van der Waals surface area contributed by atoms with Crippen LogP contribution in [0.25, 0.3) is 0 Å². The molecule has 18 heavy (non-hydrogen) atoms. The standard InChI is InChI=1S/C15H25NOS/c1-12(2)13-5-3-7-15(9-13,11-17)16-10-14-6-4-8-18-14/h4,6,8,12-13,16-17H,3,5,7,9-11H2,1-2H3. The normalized spacial score (nSPS) is 28.8. The summed E-state index contributed by atoms with van der Waals surface area (Å²) in [4.78, 5) is 1.36. The van der Waals surface area contributed by atoms with Crippen molar-refractivity contribution in [2.75, 3.05) is 6.61 Å². The first-order chi connectivity index (χ1) is 8.65. The van der Waals surface area contributed by atoms with E-state index in [0.29, 0.717) is 0 Å². The van der Waals surface area contributed by atoms with Crippen LogP contribution in [0.5, 0.6) is 0 Å². The lowest BCUT2D eigenvalue weighted by molar-refractivity contribution is 0.0801. The van der Waals surface area contributed by atoms with Crippen LogP contribution < -0.4 is 5.32 Å². The molecule has 0 saturated heterocycles. The Morgan fingerprint density at radius 1 is 1.56 bits per heavy atom. The Balaban J connectivity index is 1.96. The summed E-state index contributed by atoms with van der Waals surface area (Å²) in [5.41, 5.74) is -0.0445. The predicted molar refractivity (Wildman–Crippen MR) is 77.8 cm³/mol. The second-order valence-electron chi connectivity index (χ2n) is 5.97. The summed E-state index contributed by atoms with van der Waals surface area (Å²) < 4.78 is 0. The second-order valence-corrected chi connectivity index (χ2v) is 7.00. The third-order valence-electron chi connectivity index (χ3n) is 4.35. The summed E-state index contributed by atoms with van der Waals surface area (Å²) in [7, 11) is 0. The molecule has 2 unspecified atom stereocenters. The maximum absolute atomic E-state index is 9.81. The number of thiophene rings is 1. The van der Waals surface area contributed by atoms with Crippen molar-refractivity contribution in [3.8, 4) is 0 Å². The highest BCUT2D eigenvalue weighted by Gasteiger charge is 2.36. The van der Waals surface area contributed by atoms with E-state index in [0.717, 1.165) is 31.2 Å². The molecule has 1 aliphatic rings. The largest absolute Gasteiger partial charge is 0.394 e. The minimum absolute atomic E-state index is 0.0445. The molecule has 1 fully saturated rings. The molecule has 1 aliphatic carbocycles. The van der Waals surface area contributed by atoms with Gasteiger partial charge in [0.25, 0.3) is 0 Å². The summed E-state index contributed by atoms with van der Waals surface area (Å²) in [6.07, 6.45) is 4.78. The number of aliphatic hydroxyl groups excluding tert-OH is 1. The zero-order chi connectivity index (χ0) is 13.0. The lowest BCUT2D eigenvalue weighted by Crippen LogP contribution is -2.51. The van der Waals surface area contributed by atoms with E-state index in [-0.39, 0.29) is 12.1 Å². The van der Waals surface area contributed by atoms with Crippen molar-refractivity contribution in [1.29, 1.82) is 0 Å². The summed E-state index contributed by atoms with van der Waals surface area (Å²) in [5.74, 6) is 1.47. The van der Waals surface area contributed by atoms with Gasteiger partial charge in [0.1, 0.15) is 0 Å². The Hall–Kier alpha value is -0.380. The average Bonchev–Trinajstić information content (AvgIpc) is 2.90. The molecule has 0 spiro atoms. The van der Waals surface area contributed by atoms with Crippen molar-refractivity contribution >= 4 is 11.3 Å². The van der Waals surface area contributed by atoms with E-state index < -0.39 is 0 Å². The SMILES string of the molecule is CC(C)C1CCCC(CO)(NCc2cccs2)C1. The summed E-state index contributed by atoms with van der Waals surface area (Å²) in [6.45, 7) is 5.76. The molecule has 0 amide bonds. The third kappa shape index (κ3) is 3.34. The van der Waals surface area contributed by atoms with Gasteiger partial charge < -0.3 is 10.4 Å². The zero-order valence-corrected chi connectivity index (χ0v) is 12.3. The zero-order valence-electron chi connectivity index (χ0n) is 11.5. The lowest BCUT2D eigenvalue weighted by atomic mass is 9.72. The summed E-state index contributed by atoms with van der Waals surface area (Å²) in [6, 6.07) is 4.25. The van der Waals surface area contributed by atoms with Gasteiger partial charge in [-0.25, -0.2) is 0 Å². The van der Waals surface area contributed by atoms with Crippen molar-refractivity contribution in [3.05, 3.63) is 22.4 Å². The Labute approximate surface area is 114 Å². The van der Waals surface area contributed by atoms with Gasteiger partial charge in [0.2, 0.25) is 0 Å². The maximum atomic E-state index is 9.81. The smallest absolute Gasteiger partial charge is 0.0613 e. The Morgan fingerprint density at radius 3 is 3.00 bits per heavy atom. The van der Waals surface area contributed by atoms with Crippen molar-refractivity contribution < 1.29 is 5.11 Å². The molecule has 2 rings (SSSR count). The van der Waals surface area contributed by atoms with E-state index in [9.17, 15) is 5.11 Å². The highest BCUT2D eigenvalue weighted by Crippen LogP contribution is 2.36. The van der Waals surface area contributed by atoms with Crippen LogP contribution in [0, 0.1) is 11.8 Å². The van der Waals surface area contributed by atoms with Gasteiger partial charge in [-0.05, 0) is 36.1 Å². The first kappa shape index (κ1) is 14.0. The number of hydrogen-bond acceptors (Lipinski definition) is 3. The number of hydrogen-bond donors (Lipinski definition) is 2. The molecule has 2 N–H and O–H groups in total. The van der Waals surface area contributed by atoms with E-state index in [2.05, 4.69) is 36.7 Å². The number of nitrogens with one attached hydrogen (secondary N) is 1. The number of aliphatic hydroxyl groups is 1. The van der Waals surface area contributed by atoms with Crippen LogP contribution in [-0.2, 0) is 6.54 Å². The van der Waals surface area contributed by atoms with Crippen LogP contribution in [0.1, 0.15) is 44.4 Å². The van der Waals surface area contributed by atoms with E-state index in [1.54, 1.807) is 11.3 Å². The van der Waals surface area contributed by atoms with Crippen molar-refractivity contribution in [1.82, 2.24) is 5.32 Å². The molecular formula is C15H25NOS. The Bertz CT molecular complexity index is 349. The molecule has 1 heterocycles. The Kier molecular flexibility index (Phi) is 4.82. The molecule has 0 aliphatic heterocycles. The molecule has 0 bridgehead atoms. The minimum atomic E-state index is -0.0445. The summed E-state index contributed by atoms with van der Waals surface area (Å²) in [5, 5.41) is 15.6. The molecular weight excluding hydrogens is 242 g/mol. The predicted octanol–water partition coefficient (Wildman–Crippen LogP) is 3.42. The molecule has 1 saturated carbocycles. The fourth-order valence-electron chi connectivity index (χ4n) is 3.03. The van der Waals surface area contributed by atoms with Gasteiger partial charge in [-0.15, -0.1) is 11.3 Å². The fourth-order valence-corrected chi connectivity index (χ4v) is 3.67. The number of rotatable bonds is 5. The van der Waals surface area contributed by atoms with Crippen LogP contribution in [0.15, 0.2) is 17.5 Å². The first-order valence-corrected chi connectivity index (χ1v) is 7.91. The van der Waals surface area contributed by atoms with Gasteiger partial charge in [0.15, 0.2) is 0 Å². The molecule has 2 atom stereocenters. The molecule has 2 nitrogen and oxygen atoms in total. The van der Waals surface area contributed by atoms with Crippen LogP contribution in [0.3, 0.4) is 0 Å². The van der Waals surface area contributed by atoms with Gasteiger partial charge in [-0.1, -0.05) is 32.8 Å². The second kappa shape index (κ2) is 6.18. The molecule has 1 aromatic heterocycles. The topological polar surface area (TPSA) is 32.3 Å². The maximum Gasteiger partial charge on any atom is 0.0613 e. The van der Waals surface area contributed by atoms with Crippen LogP contribution in [-0.4, -0.2) is 17.3 Å². The van der Waals surface area contributed by atoms with Crippen molar-refractivity contribution in [3.63, 3.8) is 0 Å². The highest BCUT2D eigenvalue weighted by atomic mass is 32.1. The minimum Gasteiger partial charge on any atom is -0.394 e. The third-order valence-corrected chi connectivity index (χ3v) is 5.22. The molecule has 1 aromatic rings. The van der Waals surface area contributed by atoms with Gasteiger partial charge >= 0.3 is 0 Å². The highest BCUT2D eigenvalue weighted by molar-refractivity contribution is 7.09. The van der Waals surface area contributed by atoms with Crippen LogP contribution in [0.2, 0.25) is 0 Å². The van der Waals surface area contributed by atoms with Gasteiger partial charge in [-0.2, -0.15) is 0 Å². The van der Waals surface area contributed by atoms with Gasteiger partial charge in [0, 0.05) is 17.0 Å². The van der Waals surface area contributed by atoms with E-state index in [4.69, 9.17) is 0 Å². The van der Waals surface area contributed by atoms with Gasteiger partial charge in [-0.3, -0.25) is 0 Å². The van der Waals surface area contributed by atoms with Crippen LogP contribution >= 0.6 is 11.3 Å². The van der Waals surface area contributed by atoms with E-state index >= 15 is 0 Å². The first-order valence-electron chi connectivity index (χ1n) is 7.03. The summed E-state index contributed by atoms with van der Waals surface area (Å²) >= 11 is 1.78. The average molecular weight is 267 g/mol. The molecule has 0 aromatic carbocycles. The lowest BCUT2D eigenvalue weighted by Gasteiger charge is -2.42. The fraction of sp³-hybridized carbons (Fsp3) is 0.733. The molecule has 3 heteroatoms. The van der Waals surface area contributed by atoms with E-state index in [1.807, 2.05) is 0 Å². The Morgan fingerprint density at radius 2 is 2.39 bits per heavy atom. The van der Waals surface area contributed by atoms with E-state index in [1.165, 1.54) is 17.7 Å². The van der Waals surface area contributed by atoms with Crippen LogP contribution in [0.4, 0.5) is 0 Å².